The summed E-state index contributed by atoms with van der Waals surface area (Å²) in [6.45, 7) is 3.12. The van der Waals surface area contributed by atoms with Gasteiger partial charge in [0.15, 0.2) is 9.84 Å². The minimum Gasteiger partial charge on any atom is -0.495 e. The van der Waals surface area contributed by atoms with Crippen molar-refractivity contribution in [1.29, 1.82) is 0 Å². The van der Waals surface area contributed by atoms with E-state index in [1.54, 1.807) is 31.2 Å². The lowest BCUT2D eigenvalue weighted by atomic mass is 10.2. The number of nitrogens with one attached hydrogen (secondary N) is 2. The first-order valence-electron chi connectivity index (χ1n) is 9.40. The Morgan fingerprint density at radius 1 is 1.00 bits per heavy atom. The largest absolute Gasteiger partial charge is 0.495 e. The van der Waals surface area contributed by atoms with Crippen molar-refractivity contribution < 1.29 is 32.3 Å². The molecule has 2 amide bonds. The minimum absolute atomic E-state index is 0.233. The zero-order chi connectivity index (χ0) is 23.0. The number of carbonyl (C=O) groups excluding carboxylic acids is 3. The van der Waals surface area contributed by atoms with Gasteiger partial charge in [0.1, 0.15) is 16.8 Å². The number of para-hydroxylation sites is 2. The summed E-state index contributed by atoms with van der Waals surface area (Å²) in [6.07, 6.45) is 0. The number of hydrogen-bond donors (Lipinski definition) is 2. The van der Waals surface area contributed by atoms with Crippen molar-refractivity contribution in [1.82, 2.24) is 0 Å². The van der Waals surface area contributed by atoms with E-state index in [1.807, 2.05) is 0 Å². The van der Waals surface area contributed by atoms with Crippen LogP contribution in [0.25, 0.3) is 0 Å². The van der Waals surface area contributed by atoms with Crippen molar-refractivity contribution in [3.05, 3.63) is 54.1 Å². The number of esters is 1. The summed E-state index contributed by atoms with van der Waals surface area (Å²) in [7, 11) is -2.66. The summed E-state index contributed by atoms with van der Waals surface area (Å²) >= 11 is 0. The Hall–Kier alpha value is -3.40. The van der Waals surface area contributed by atoms with Gasteiger partial charge < -0.3 is 20.1 Å². The predicted molar refractivity (Wildman–Crippen MR) is 116 cm³/mol. The minimum atomic E-state index is -4.09. The average molecular weight is 448 g/mol. The quantitative estimate of drug-likeness (QED) is 0.563. The second-order valence-electron chi connectivity index (χ2n) is 6.48. The highest BCUT2D eigenvalue weighted by molar-refractivity contribution is 7.93. The molecular formula is C21H24N2O7S. The number of ether oxygens (including phenoxy) is 2. The Balaban J connectivity index is 2.00. The van der Waals surface area contributed by atoms with E-state index < -0.39 is 38.6 Å². The highest BCUT2D eigenvalue weighted by Gasteiger charge is 2.30. The van der Waals surface area contributed by atoms with Crippen LogP contribution in [0.5, 0.6) is 5.75 Å². The first kappa shape index (κ1) is 23.9. The molecule has 2 aromatic rings. The van der Waals surface area contributed by atoms with Gasteiger partial charge in [-0.15, -0.1) is 0 Å². The van der Waals surface area contributed by atoms with E-state index in [4.69, 9.17) is 9.47 Å². The first-order valence-corrected chi connectivity index (χ1v) is 11.1. The molecule has 0 saturated carbocycles. The van der Waals surface area contributed by atoms with E-state index in [0.717, 1.165) is 0 Å². The molecule has 0 radical (unpaired) electrons. The molecule has 166 valence electrons. The zero-order valence-electron chi connectivity index (χ0n) is 17.4. The smallest absolute Gasteiger partial charge is 0.338 e. The van der Waals surface area contributed by atoms with Crippen LogP contribution in [0, 0.1) is 0 Å². The third-order valence-electron chi connectivity index (χ3n) is 4.28. The zero-order valence-corrected chi connectivity index (χ0v) is 18.2. The molecule has 10 heteroatoms. The normalized spacial score (nSPS) is 11.8. The molecule has 0 aliphatic carbocycles. The third-order valence-corrected chi connectivity index (χ3v) is 6.24. The molecule has 0 aliphatic heterocycles. The van der Waals surface area contributed by atoms with E-state index in [9.17, 15) is 22.8 Å². The number of methoxy groups -OCH3 is 1. The molecule has 9 nitrogen and oxygen atoms in total. The summed E-state index contributed by atoms with van der Waals surface area (Å²) in [6, 6.07) is 12.4. The Morgan fingerprint density at radius 3 is 2.26 bits per heavy atom. The SMILES string of the molecule is CCOC(=O)c1ccc(NC(=O)C(C)S(=O)(=O)CC(=O)Nc2ccccc2OC)cc1. The molecular weight excluding hydrogens is 424 g/mol. The molecule has 0 fully saturated rings. The van der Waals surface area contributed by atoms with Crippen molar-refractivity contribution in [3.8, 4) is 5.75 Å². The van der Waals surface area contributed by atoms with Crippen LogP contribution in [0.2, 0.25) is 0 Å². The Kier molecular flexibility index (Phi) is 8.14. The molecule has 2 rings (SSSR count). The van der Waals surface area contributed by atoms with Crippen LogP contribution < -0.4 is 15.4 Å². The van der Waals surface area contributed by atoms with Gasteiger partial charge in [-0.05, 0) is 50.2 Å². The third kappa shape index (κ3) is 6.54. The number of hydrogen-bond acceptors (Lipinski definition) is 7. The molecule has 0 aliphatic rings. The van der Waals surface area contributed by atoms with Crippen LogP contribution in [0.3, 0.4) is 0 Å². The summed E-state index contributed by atoms with van der Waals surface area (Å²) in [4.78, 5) is 36.3. The summed E-state index contributed by atoms with van der Waals surface area (Å²) in [5, 5.41) is 3.46. The van der Waals surface area contributed by atoms with E-state index >= 15 is 0 Å². The maximum absolute atomic E-state index is 12.5. The Morgan fingerprint density at radius 2 is 1.65 bits per heavy atom. The monoisotopic (exact) mass is 448 g/mol. The predicted octanol–water partition coefficient (Wildman–Crippen LogP) is 2.25. The molecule has 1 atom stereocenters. The molecule has 2 N–H and O–H groups in total. The highest BCUT2D eigenvalue weighted by atomic mass is 32.2. The molecule has 1 unspecified atom stereocenters. The molecule has 0 saturated heterocycles. The summed E-state index contributed by atoms with van der Waals surface area (Å²) in [5.74, 6) is -2.58. The number of benzene rings is 2. The standard InChI is InChI=1S/C21H24N2O7S/c1-4-30-21(26)15-9-11-16(12-10-15)22-20(25)14(2)31(27,28)13-19(24)23-17-7-5-6-8-18(17)29-3/h5-12,14H,4,13H2,1-3H3,(H,22,25)(H,23,24). The number of carbonyl (C=O) groups is 3. The van der Waals surface area contributed by atoms with Gasteiger partial charge in [0, 0.05) is 5.69 Å². The fourth-order valence-corrected chi connectivity index (χ4v) is 3.63. The van der Waals surface area contributed by atoms with Crippen LogP contribution in [0.15, 0.2) is 48.5 Å². The Bertz CT molecular complexity index is 1050. The molecule has 0 spiro atoms. The van der Waals surface area contributed by atoms with Gasteiger partial charge in [0.2, 0.25) is 11.8 Å². The number of anilines is 2. The van der Waals surface area contributed by atoms with Crippen molar-refractivity contribution in [2.75, 3.05) is 30.1 Å². The molecule has 2 aromatic carbocycles. The van der Waals surface area contributed by atoms with E-state index in [2.05, 4.69) is 10.6 Å². The van der Waals surface area contributed by atoms with Crippen LogP contribution in [-0.2, 0) is 24.2 Å². The fraction of sp³-hybridized carbons (Fsp3) is 0.286. The number of rotatable bonds is 9. The topological polar surface area (TPSA) is 128 Å². The molecule has 0 bridgehead atoms. The Labute approximate surface area is 180 Å². The lowest BCUT2D eigenvalue weighted by molar-refractivity contribution is -0.115. The van der Waals surface area contributed by atoms with Crippen molar-refractivity contribution in [2.45, 2.75) is 19.1 Å². The number of sulfone groups is 1. The maximum Gasteiger partial charge on any atom is 0.338 e. The summed E-state index contributed by atoms with van der Waals surface area (Å²) in [5.41, 5.74) is 0.927. The van der Waals surface area contributed by atoms with Crippen LogP contribution in [0.1, 0.15) is 24.2 Å². The fourth-order valence-electron chi connectivity index (χ4n) is 2.55. The van der Waals surface area contributed by atoms with Crippen molar-refractivity contribution >= 4 is 39.0 Å². The second kappa shape index (κ2) is 10.6. The average Bonchev–Trinajstić information content (AvgIpc) is 2.73. The first-order chi connectivity index (χ1) is 14.7. The molecule has 31 heavy (non-hydrogen) atoms. The lowest BCUT2D eigenvalue weighted by Gasteiger charge is -2.14. The van der Waals surface area contributed by atoms with Crippen LogP contribution in [-0.4, -0.2) is 50.9 Å². The van der Waals surface area contributed by atoms with Gasteiger partial charge >= 0.3 is 5.97 Å². The van der Waals surface area contributed by atoms with E-state index in [0.29, 0.717) is 22.7 Å². The number of amides is 2. The van der Waals surface area contributed by atoms with Gasteiger partial charge in [-0.2, -0.15) is 0 Å². The van der Waals surface area contributed by atoms with Gasteiger partial charge in [-0.3, -0.25) is 9.59 Å². The van der Waals surface area contributed by atoms with E-state index in [-0.39, 0.29) is 6.61 Å². The molecule has 0 aromatic heterocycles. The summed E-state index contributed by atoms with van der Waals surface area (Å²) < 4.78 is 35.0. The van der Waals surface area contributed by atoms with Crippen LogP contribution in [0.4, 0.5) is 11.4 Å². The van der Waals surface area contributed by atoms with Crippen molar-refractivity contribution in [3.63, 3.8) is 0 Å². The lowest BCUT2D eigenvalue weighted by Crippen LogP contribution is -2.37. The van der Waals surface area contributed by atoms with Crippen molar-refractivity contribution in [2.24, 2.45) is 0 Å². The molecule has 0 heterocycles. The maximum atomic E-state index is 12.5. The van der Waals surface area contributed by atoms with Crippen LogP contribution >= 0.6 is 0 Å². The van der Waals surface area contributed by atoms with Gasteiger partial charge in [0.05, 0.1) is 25.0 Å². The van der Waals surface area contributed by atoms with Gasteiger partial charge in [-0.25, -0.2) is 13.2 Å². The second-order valence-corrected chi connectivity index (χ2v) is 8.81. The highest BCUT2D eigenvalue weighted by Crippen LogP contribution is 2.23. The van der Waals surface area contributed by atoms with Gasteiger partial charge in [0.25, 0.3) is 0 Å². The van der Waals surface area contributed by atoms with Gasteiger partial charge in [-0.1, -0.05) is 12.1 Å². The van der Waals surface area contributed by atoms with E-state index in [1.165, 1.54) is 38.3 Å².